The van der Waals surface area contributed by atoms with Crippen molar-refractivity contribution in [2.24, 2.45) is 10.9 Å². The molecule has 1 saturated heterocycles. The van der Waals surface area contributed by atoms with E-state index in [1.165, 1.54) is 24.1 Å². The molecule has 164 valence electrons. The van der Waals surface area contributed by atoms with Gasteiger partial charge in [-0.05, 0) is 44.8 Å². The molecule has 0 radical (unpaired) electrons. The van der Waals surface area contributed by atoms with Crippen LogP contribution in [0.15, 0.2) is 22.5 Å². The van der Waals surface area contributed by atoms with Gasteiger partial charge >= 0.3 is 0 Å². The van der Waals surface area contributed by atoms with E-state index < -0.39 is 0 Å². The second kappa shape index (κ2) is 12.1. The van der Waals surface area contributed by atoms with Crippen LogP contribution in [0, 0.1) is 5.92 Å². The summed E-state index contributed by atoms with van der Waals surface area (Å²) in [5, 5.41) is 9.12. The monoisotopic (exact) mass is 533 g/mol. The number of nitrogens with one attached hydrogen (secondary N) is 2. The van der Waals surface area contributed by atoms with Gasteiger partial charge in [0.25, 0.3) is 0 Å². The number of likely N-dealkylation sites (tertiary alicyclic amines) is 1. The smallest absolute Gasteiger partial charge is 0.225 e. The molecule has 0 bridgehead atoms. The average Bonchev–Trinajstić information content (AvgIpc) is 3.39. The molecule has 1 aromatic heterocycles. The number of amides is 1. The first-order chi connectivity index (χ1) is 13.6. The van der Waals surface area contributed by atoms with Gasteiger partial charge in [0.15, 0.2) is 5.96 Å². The van der Waals surface area contributed by atoms with Crippen LogP contribution >= 0.6 is 35.3 Å². The maximum absolute atomic E-state index is 12.8. The molecule has 1 aliphatic carbocycles. The molecular weight excluding hydrogens is 497 g/mol. The van der Waals surface area contributed by atoms with Crippen LogP contribution in [0.25, 0.3) is 0 Å². The number of likely N-dealkylation sites (N-methyl/N-ethyl adjacent to an activating group) is 1. The summed E-state index contributed by atoms with van der Waals surface area (Å²) in [6.45, 7) is 2.45. The van der Waals surface area contributed by atoms with Gasteiger partial charge in [-0.2, -0.15) is 0 Å². The van der Waals surface area contributed by atoms with Gasteiger partial charge in [0.1, 0.15) is 0 Å². The molecule has 1 aromatic rings. The topological polar surface area (TPSA) is 60.0 Å². The van der Waals surface area contributed by atoms with Crippen molar-refractivity contribution in [3.05, 3.63) is 22.4 Å². The summed E-state index contributed by atoms with van der Waals surface area (Å²) in [6, 6.07) is 4.86. The number of carbonyl (C=O) groups is 1. The van der Waals surface area contributed by atoms with Gasteiger partial charge in [-0.15, -0.1) is 35.3 Å². The third-order valence-electron chi connectivity index (χ3n) is 5.98. The van der Waals surface area contributed by atoms with E-state index in [-0.39, 0.29) is 35.9 Å². The zero-order valence-electron chi connectivity index (χ0n) is 17.9. The van der Waals surface area contributed by atoms with Crippen LogP contribution in [0.1, 0.15) is 49.4 Å². The fourth-order valence-electron chi connectivity index (χ4n) is 4.29. The van der Waals surface area contributed by atoms with Gasteiger partial charge < -0.3 is 20.4 Å². The molecule has 1 aliphatic heterocycles. The summed E-state index contributed by atoms with van der Waals surface area (Å²) in [5.41, 5.74) is 0. The Morgan fingerprint density at radius 2 is 2.07 bits per heavy atom. The molecular formula is C21H36IN5OS. The predicted molar refractivity (Wildman–Crippen MR) is 132 cm³/mol. The highest BCUT2D eigenvalue weighted by Gasteiger charge is 2.31. The zero-order chi connectivity index (χ0) is 19.9. The summed E-state index contributed by atoms with van der Waals surface area (Å²) in [6.07, 6.45) is 6.84. The lowest BCUT2D eigenvalue weighted by atomic mass is 9.88. The number of guanidine groups is 1. The lowest BCUT2D eigenvalue weighted by Gasteiger charge is -2.27. The van der Waals surface area contributed by atoms with E-state index in [1.807, 2.05) is 7.05 Å². The van der Waals surface area contributed by atoms with Gasteiger partial charge in [-0.25, -0.2) is 0 Å². The summed E-state index contributed by atoms with van der Waals surface area (Å²) in [5.74, 6) is 1.45. The normalized spacial score (nSPS) is 21.7. The second-order valence-corrected chi connectivity index (χ2v) is 9.18. The first-order valence-electron chi connectivity index (χ1n) is 10.5. The number of thiophene rings is 1. The maximum atomic E-state index is 12.8. The van der Waals surface area contributed by atoms with Crippen molar-refractivity contribution in [2.75, 3.05) is 40.8 Å². The Balaban J connectivity index is 0.00000300. The van der Waals surface area contributed by atoms with Crippen LogP contribution in [0.5, 0.6) is 0 Å². The van der Waals surface area contributed by atoms with Gasteiger partial charge in [0.2, 0.25) is 5.91 Å². The van der Waals surface area contributed by atoms with Crippen LogP contribution < -0.4 is 10.6 Å². The lowest BCUT2D eigenvalue weighted by molar-refractivity contribution is -0.135. The molecule has 0 spiro atoms. The molecule has 2 fully saturated rings. The van der Waals surface area contributed by atoms with Crippen molar-refractivity contribution >= 4 is 47.2 Å². The SMILES string of the molecule is CN=C(NCC(c1cccs1)N(C)C)NC1CCN(C(=O)C2CCCCC2)C1.I. The molecule has 2 N–H and O–H groups in total. The minimum Gasteiger partial charge on any atom is -0.354 e. The highest BCUT2D eigenvalue weighted by molar-refractivity contribution is 14.0. The summed E-state index contributed by atoms with van der Waals surface area (Å²) in [7, 11) is 6.02. The quantitative estimate of drug-likeness (QED) is 0.335. The minimum atomic E-state index is 0. The van der Waals surface area contributed by atoms with Crippen LogP contribution in [0.2, 0.25) is 0 Å². The summed E-state index contributed by atoms with van der Waals surface area (Å²) >= 11 is 1.78. The Labute approximate surface area is 196 Å². The van der Waals surface area contributed by atoms with Gasteiger partial charge in [0, 0.05) is 43.5 Å². The van der Waals surface area contributed by atoms with Gasteiger partial charge in [0.05, 0.1) is 6.04 Å². The Morgan fingerprint density at radius 3 is 2.69 bits per heavy atom. The number of carbonyl (C=O) groups excluding carboxylic acids is 1. The molecule has 2 aliphatic rings. The molecule has 0 aromatic carbocycles. The van der Waals surface area contributed by atoms with Crippen molar-refractivity contribution in [1.82, 2.24) is 20.4 Å². The van der Waals surface area contributed by atoms with E-state index in [0.29, 0.717) is 11.9 Å². The Morgan fingerprint density at radius 1 is 1.31 bits per heavy atom. The molecule has 1 amide bonds. The van der Waals surface area contributed by atoms with E-state index >= 15 is 0 Å². The highest BCUT2D eigenvalue weighted by Crippen LogP contribution is 2.27. The van der Waals surface area contributed by atoms with Crippen LogP contribution in [-0.2, 0) is 4.79 Å². The van der Waals surface area contributed by atoms with E-state index in [9.17, 15) is 4.79 Å². The van der Waals surface area contributed by atoms with Crippen molar-refractivity contribution in [3.8, 4) is 0 Å². The van der Waals surface area contributed by atoms with Crippen molar-refractivity contribution in [1.29, 1.82) is 0 Å². The Bertz CT molecular complexity index is 646. The summed E-state index contributed by atoms with van der Waals surface area (Å²) in [4.78, 5) is 22.8. The largest absolute Gasteiger partial charge is 0.354 e. The number of nitrogens with zero attached hydrogens (tertiary/aromatic N) is 3. The van der Waals surface area contributed by atoms with E-state index in [1.54, 1.807) is 11.3 Å². The molecule has 8 heteroatoms. The fourth-order valence-corrected chi connectivity index (χ4v) is 5.21. The second-order valence-electron chi connectivity index (χ2n) is 8.20. The molecule has 29 heavy (non-hydrogen) atoms. The molecule has 6 nitrogen and oxygen atoms in total. The maximum Gasteiger partial charge on any atom is 0.225 e. The first-order valence-corrected chi connectivity index (χ1v) is 11.4. The first kappa shape index (κ1) is 24.4. The molecule has 2 atom stereocenters. The van der Waals surface area contributed by atoms with Crippen molar-refractivity contribution in [3.63, 3.8) is 0 Å². The Kier molecular flexibility index (Phi) is 10.2. The predicted octanol–water partition coefficient (Wildman–Crippen LogP) is 3.32. The standard InChI is InChI=1S/C21H35N5OS.HI/c1-22-21(23-14-18(25(2)3)19-10-7-13-28-19)24-17-11-12-26(15-17)20(27)16-8-5-4-6-9-16;/h7,10,13,16-18H,4-6,8-9,11-12,14-15H2,1-3H3,(H2,22,23,24);1H. The summed E-state index contributed by atoms with van der Waals surface area (Å²) < 4.78 is 0. The molecule has 2 heterocycles. The van der Waals surface area contributed by atoms with Crippen LogP contribution in [0.3, 0.4) is 0 Å². The number of rotatable bonds is 6. The average molecular weight is 534 g/mol. The molecule has 3 rings (SSSR count). The van der Waals surface area contributed by atoms with Crippen molar-refractivity contribution < 1.29 is 4.79 Å². The Hall–Kier alpha value is -0.870. The number of halogens is 1. The number of hydrogen-bond donors (Lipinski definition) is 2. The van der Waals surface area contributed by atoms with E-state index in [0.717, 1.165) is 44.9 Å². The van der Waals surface area contributed by atoms with Gasteiger partial charge in [-0.1, -0.05) is 25.3 Å². The lowest BCUT2D eigenvalue weighted by Crippen LogP contribution is -2.47. The third kappa shape index (κ3) is 6.82. The number of hydrogen-bond acceptors (Lipinski definition) is 4. The third-order valence-corrected chi connectivity index (χ3v) is 6.95. The number of aliphatic imine (C=N–C) groups is 1. The zero-order valence-corrected chi connectivity index (χ0v) is 21.0. The highest BCUT2D eigenvalue weighted by atomic mass is 127. The molecule has 2 unspecified atom stereocenters. The fraction of sp³-hybridized carbons (Fsp3) is 0.714. The van der Waals surface area contributed by atoms with Gasteiger partial charge in [-0.3, -0.25) is 9.79 Å². The van der Waals surface area contributed by atoms with Crippen LogP contribution in [-0.4, -0.2) is 68.5 Å². The van der Waals surface area contributed by atoms with Crippen LogP contribution in [0.4, 0.5) is 0 Å². The minimum absolute atomic E-state index is 0. The molecule has 1 saturated carbocycles. The van der Waals surface area contributed by atoms with Crippen molar-refractivity contribution in [2.45, 2.75) is 50.6 Å². The van der Waals surface area contributed by atoms with E-state index in [2.05, 4.69) is 57.0 Å². The van der Waals surface area contributed by atoms with E-state index in [4.69, 9.17) is 0 Å².